The molecule has 2 heteroatoms. The van der Waals surface area contributed by atoms with E-state index in [1.807, 2.05) is 18.2 Å². The number of rotatable bonds is 4. The molecule has 0 amide bonds. The largest absolute Gasteiger partial charge is 0.0841 e. The quantitative estimate of drug-likeness (QED) is 0.700. The number of hydrogen-bond acceptors (Lipinski definition) is 0. The minimum Gasteiger partial charge on any atom is -0.0841 e. The molecule has 0 bridgehead atoms. The van der Waals surface area contributed by atoms with Gasteiger partial charge >= 0.3 is 0 Å². The predicted octanol–water partition coefficient (Wildman–Crippen LogP) is 4.81. The summed E-state index contributed by atoms with van der Waals surface area (Å²) in [4.78, 5) is 0. The van der Waals surface area contributed by atoms with Crippen molar-refractivity contribution in [3.05, 3.63) is 57.5 Å². The van der Waals surface area contributed by atoms with Gasteiger partial charge in [0, 0.05) is 0 Å². The fraction of sp³-hybridized carbons (Fsp3) is 0.167. The maximum Gasteiger partial charge on any atom is 0.0603 e. The first kappa shape index (κ1) is 11.7. The van der Waals surface area contributed by atoms with Crippen LogP contribution in [0.15, 0.2) is 52.0 Å². The van der Waals surface area contributed by atoms with E-state index in [9.17, 15) is 0 Å². The molecule has 0 nitrogen and oxygen atoms in total. The van der Waals surface area contributed by atoms with Gasteiger partial charge in [-0.2, -0.15) is 0 Å². The second kappa shape index (κ2) is 7.02. The third-order valence-electron chi connectivity index (χ3n) is 1.80. The predicted molar refractivity (Wildman–Crippen MR) is 69.8 cm³/mol. The molecule has 0 fully saturated rings. The van der Waals surface area contributed by atoms with Crippen LogP contribution < -0.4 is 0 Å². The minimum atomic E-state index is 0.973. The van der Waals surface area contributed by atoms with Crippen LogP contribution in [0.2, 0.25) is 0 Å². The summed E-state index contributed by atoms with van der Waals surface area (Å²) >= 11 is 6.60. The molecule has 1 aromatic carbocycles. The highest BCUT2D eigenvalue weighted by atomic mass is 79.9. The van der Waals surface area contributed by atoms with Gasteiger partial charge < -0.3 is 0 Å². The van der Waals surface area contributed by atoms with E-state index in [2.05, 4.69) is 62.2 Å². The zero-order chi connectivity index (χ0) is 10.2. The molecule has 0 saturated carbocycles. The molecule has 0 aliphatic rings. The number of halogens is 2. The molecule has 1 rings (SSSR count). The third-order valence-corrected chi connectivity index (χ3v) is 2.33. The lowest BCUT2D eigenvalue weighted by Crippen LogP contribution is -1.80. The molecule has 0 aromatic heterocycles. The van der Waals surface area contributed by atoms with Crippen LogP contribution in [0.3, 0.4) is 0 Å². The average Bonchev–Trinajstić information content (AvgIpc) is 2.18. The van der Waals surface area contributed by atoms with Crippen molar-refractivity contribution in [3.8, 4) is 0 Å². The Morgan fingerprint density at radius 3 is 2.50 bits per heavy atom. The summed E-state index contributed by atoms with van der Waals surface area (Å²) in [5, 5.41) is 0. The Balaban J connectivity index is 2.29. The molecule has 0 unspecified atom stereocenters. The Labute approximate surface area is 102 Å². The fourth-order valence-electron chi connectivity index (χ4n) is 1.13. The Bertz CT molecular complexity index is 308. The monoisotopic (exact) mass is 314 g/mol. The van der Waals surface area contributed by atoms with E-state index in [1.54, 1.807) is 0 Å². The molecule has 0 aliphatic heterocycles. The summed E-state index contributed by atoms with van der Waals surface area (Å²) < 4.78 is 0.973. The van der Waals surface area contributed by atoms with Gasteiger partial charge in [0.15, 0.2) is 0 Å². The highest BCUT2D eigenvalue weighted by Gasteiger charge is 1.87. The maximum absolute atomic E-state index is 3.30. The summed E-state index contributed by atoms with van der Waals surface area (Å²) in [5.74, 6) is 0. The fourth-order valence-corrected chi connectivity index (χ4v) is 1.44. The average molecular weight is 316 g/mol. The zero-order valence-corrected chi connectivity index (χ0v) is 11.0. The Morgan fingerprint density at radius 1 is 1.14 bits per heavy atom. The van der Waals surface area contributed by atoms with Crippen LogP contribution in [0, 0.1) is 0 Å². The molecule has 1 aromatic rings. The summed E-state index contributed by atoms with van der Waals surface area (Å²) in [6.45, 7) is 0. The highest BCUT2D eigenvalue weighted by Crippen LogP contribution is 2.12. The SMILES string of the molecule is BrC(Br)=C/C=C/CCc1ccccc1. The molecule has 14 heavy (non-hydrogen) atoms. The molecular weight excluding hydrogens is 304 g/mol. The van der Waals surface area contributed by atoms with E-state index in [-0.39, 0.29) is 0 Å². The van der Waals surface area contributed by atoms with E-state index in [1.165, 1.54) is 5.56 Å². The highest BCUT2D eigenvalue weighted by molar-refractivity contribution is 9.28. The van der Waals surface area contributed by atoms with Gasteiger partial charge in [-0.3, -0.25) is 0 Å². The Kier molecular flexibility index (Phi) is 5.88. The summed E-state index contributed by atoms with van der Waals surface area (Å²) in [6, 6.07) is 10.5. The number of benzene rings is 1. The topological polar surface area (TPSA) is 0 Å². The second-order valence-electron chi connectivity index (χ2n) is 2.91. The van der Waals surface area contributed by atoms with Crippen LogP contribution in [-0.2, 0) is 6.42 Å². The summed E-state index contributed by atoms with van der Waals surface area (Å²) in [6.07, 6.45) is 8.36. The molecule has 74 valence electrons. The maximum atomic E-state index is 3.30. The first-order valence-electron chi connectivity index (χ1n) is 4.51. The first-order valence-corrected chi connectivity index (χ1v) is 6.09. The Hall–Kier alpha value is -0.340. The van der Waals surface area contributed by atoms with Crippen molar-refractivity contribution in [3.63, 3.8) is 0 Å². The van der Waals surface area contributed by atoms with Crippen LogP contribution in [0.5, 0.6) is 0 Å². The van der Waals surface area contributed by atoms with Gasteiger partial charge in [-0.05, 0) is 56.3 Å². The van der Waals surface area contributed by atoms with Gasteiger partial charge in [0.1, 0.15) is 0 Å². The lowest BCUT2D eigenvalue weighted by molar-refractivity contribution is 1.00. The molecule has 0 N–H and O–H groups in total. The molecule has 0 atom stereocenters. The van der Waals surface area contributed by atoms with Gasteiger partial charge in [0.25, 0.3) is 0 Å². The first-order chi connectivity index (χ1) is 6.79. The van der Waals surface area contributed by atoms with E-state index in [0.717, 1.165) is 16.2 Å². The standard InChI is InChI=1S/C12H12Br2/c13-12(14)10-6-2-5-9-11-7-3-1-4-8-11/h1-4,6-8,10H,5,9H2/b6-2+. The van der Waals surface area contributed by atoms with Gasteiger partial charge in [-0.1, -0.05) is 42.5 Å². The van der Waals surface area contributed by atoms with Crippen molar-refractivity contribution in [1.82, 2.24) is 0 Å². The van der Waals surface area contributed by atoms with Crippen LogP contribution in [0.4, 0.5) is 0 Å². The van der Waals surface area contributed by atoms with Crippen LogP contribution in [-0.4, -0.2) is 0 Å². The zero-order valence-electron chi connectivity index (χ0n) is 7.79. The van der Waals surface area contributed by atoms with Crippen molar-refractivity contribution >= 4 is 31.9 Å². The Morgan fingerprint density at radius 2 is 1.86 bits per heavy atom. The number of allylic oxidation sites excluding steroid dienone is 3. The molecule has 0 spiro atoms. The van der Waals surface area contributed by atoms with Gasteiger partial charge in [-0.25, -0.2) is 0 Å². The van der Waals surface area contributed by atoms with E-state index in [4.69, 9.17) is 0 Å². The molecule has 0 aliphatic carbocycles. The van der Waals surface area contributed by atoms with Gasteiger partial charge in [0.2, 0.25) is 0 Å². The van der Waals surface area contributed by atoms with Gasteiger partial charge in [0.05, 0.1) is 3.39 Å². The summed E-state index contributed by atoms with van der Waals surface area (Å²) in [7, 11) is 0. The molecular formula is C12H12Br2. The van der Waals surface area contributed by atoms with Gasteiger partial charge in [-0.15, -0.1) is 0 Å². The smallest absolute Gasteiger partial charge is 0.0603 e. The van der Waals surface area contributed by atoms with Crippen LogP contribution in [0.1, 0.15) is 12.0 Å². The lowest BCUT2D eigenvalue weighted by Gasteiger charge is -1.95. The van der Waals surface area contributed by atoms with Crippen molar-refractivity contribution in [2.24, 2.45) is 0 Å². The number of aryl methyl sites for hydroxylation is 1. The van der Waals surface area contributed by atoms with Crippen LogP contribution in [0.25, 0.3) is 0 Å². The normalized spacial score (nSPS) is 10.4. The summed E-state index contributed by atoms with van der Waals surface area (Å²) in [5.41, 5.74) is 1.39. The molecule has 0 radical (unpaired) electrons. The minimum absolute atomic E-state index is 0.973. The van der Waals surface area contributed by atoms with Crippen molar-refractivity contribution in [2.75, 3.05) is 0 Å². The molecule has 0 saturated heterocycles. The van der Waals surface area contributed by atoms with E-state index < -0.39 is 0 Å². The van der Waals surface area contributed by atoms with Crippen molar-refractivity contribution in [1.29, 1.82) is 0 Å². The van der Waals surface area contributed by atoms with E-state index in [0.29, 0.717) is 0 Å². The van der Waals surface area contributed by atoms with Crippen molar-refractivity contribution < 1.29 is 0 Å². The third kappa shape index (κ3) is 5.40. The second-order valence-corrected chi connectivity index (χ2v) is 5.68. The van der Waals surface area contributed by atoms with Crippen molar-refractivity contribution in [2.45, 2.75) is 12.8 Å². The van der Waals surface area contributed by atoms with E-state index >= 15 is 0 Å². The number of hydrogen-bond donors (Lipinski definition) is 0. The van der Waals surface area contributed by atoms with Crippen LogP contribution >= 0.6 is 31.9 Å². The lowest BCUT2D eigenvalue weighted by atomic mass is 10.1. The molecule has 0 heterocycles.